The maximum Gasteiger partial charge on any atom is 0.331 e. The van der Waals surface area contributed by atoms with E-state index in [9.17, 15) is 4.79 Å². The zero-order valence-electron chi connectivity index (χ0n) is 12.6. The van der Waals surface area contributed by atoms with Gasteiger partial charge in [-0.25, -0.2) is 4.79 Å². The van der Waals surface area contributed by atoms with Crippen LogP contribution in [0.3, 0.4) is 0 Å². The molecule has 0 unspecified atom stereocenters. The third-order valence-electron chi connectivity index (χ3n) is 3.69. The molecule has 5 heteroatoms. The second-order valence-corrected chi connectivity index (χ2v) is 10.5. The number of rotatable bonds is 10. The highest BCUT2D eigenvalue weighted by atomic mass is 28.3. The van der Waals surface area contributed by atoms with E-state index in [4.69, 9.17) is 9.47 Å². The molecule has 0 rings (SSSR count). The first-order valence-electron chi connectivity index (χ1n) is 6.87. The van der Waals surface area contributed by atoms with E-state index >= 15 is 0 Å². The molecule has 108 valence electrons. The number of hydrogen-bond acceptors (Lipinski definition) is 4. The zero-order chi connectivity index (χ0) is 14.0. The van der Waals surface area contributed by atoms with Crippen molar-refractivity contribution >= 4 is 14.0 Å². The molecule has 0 aromatic rings. The molecule has 0 saturated heterocycles. The Hall–Kier alpha value is -0.393. The van der Waals surface area contributed by atoms with Crippen LogP contribution in [0.2, 0.25) is 18.1 Å². The smallest absolute Gasteiger partial charge is 0.331 e. The van der Waals surface area contributed by atoms with Crippen LogP contribution in [0.15, 0.2) is 0 Å². The summed E-state index contributed by atoms with van der Waals surface area (Å²) >= 11 is 0. The van der Waals surface area contributed by atoms with Gasteiger partial charge < -0.3 is 14.4 Å². The van der Waals surface area contributed by atoms with Gasteiger partial charge in [-0.1, -0.05) is 38.9 Å². The SMILES string of the molecule is CC[Si](CC)(CC)COC(=O)COCCN(C)C. The van der Waals surface area contributed by atoms with Gasteiger partial charge in [0.1, 0.15) is 6.61 Å². The van der Waals surface area contributed by atoms with Gasteiger partial charge in [0, 0.05) is 6.54 Å². The third-order valence-corrected chi connectivity index (χ3v) is 8.95. The molecule has 4 nitrogen and oxygen atoms in total. The maximum atomic E-state index is 11.5. The van der Waals surface area contributed by atoms with Gasteiger partial charge in [0.25, 0.3) is 0 Å². The Bertz CT molecular complexity index is 222. The molecule has 0 aromatic carbocycles. The minimum atomic E-state index is -1.35. The number of ether oxygens (including phenoxy) is 2. The molecular weight excluding hydrogens is 246 g/mol. The molecule has 0 amide bonds. The molecule has 0 heterocycles. The molecular formula is C13H29NO3Si. The second-order valence-electron chi connectivity index (χ2n) is 5.08. The van der Waals surface area contributed by atoms with Crippen LogP contribution in [-0.2, 0) is 14.3 Å². The first kappa shape index (κ1) is 17.6. The lowest BCUT2D eigenvalue weighted by Crippen LogP contribution is -2.39. The predicted molar refractivity (Wildman–Crippen MR) is 77.5 cm³/mol. The van der Waals surface area contributed by atoms with E-state index in [0.717, 1.165) is 6.54 Å². The minimum Gasteiger partial charge on any atom is -0.468 e. The van der Waals surface area contributed by atoms with E-state index in [1.165, 1.54) is 18.1 Å². The van der Waals surface area contributed by atoms with Crippen molar-refractivity contribution in [3.63, 3.8) is 0 Å². The summed E-state index contributed by atoms with van der Waals surface area (Å²) in [5.74, 6) is -0.221. The van der Waals surface area contributed by atoms with Crippen molar-refractivity contribution in [3.05, 3.63) is 0 Å². The van der Waals surface area contributed by atoms with E-state index in [2.05, 4.69) is 20.8 Å². The van der Waals surface area contributed by atoms with Gasteiger partial charge in [-0.3, -0.25) is 0 Å². The molecule has 18 heavy (non-hydrogen) atoms. The van der Waals surface area contributed by atoms with Gasteiger partial charge in [0.2, 0.25) is 0 Å². The minimum absolute atomic E-state index is 0.0788. The Labute approximate surface area is 113 Å². The zero-order valence-corrected chi connectivity index (χ0v) is 13.6. The van der Waals surface area contributed by atoms with E-state index in [-0.39, 0.29) is 12.6 Å². The van der Waals surface area contributed by atoms with Gasteiger partial charge >= 0.3 is 5.97 Å². The van der Waals surface area contributed by atoms with Crippen molar-refractivity contribution in [2.45, 2.75) is 38.9 Å². The Morgan fingerprint density at radius 3 is 2.11 bits per heavy atom. The largest absolute Gasteiger partial charge is 0.468 e. The molecule has 0 spiro atoms. The van der Waals surface area contributed by atoms with Crippen LogP contribution in [-0.4, -0.2) is 59.0 Å². The third kappa shape index (κ3) is 7.13. The summed E-state index contributed by atoms with van der Waals surface area (Å²) in [7, 11) is 2.60. The Balaban J connectivity index is 3.81. The van der Waals surface area contributed by atoms with E-state index in [0.29, 0.717) is 12.8 Å². The lowest BCUT2D eigenvalue weighted by molar-refractivity contribution is -0.147. The van der Waals surface area contributed by atoms with Crippen LogP contribution >= 0.6 is 0 Å². The fraction of sp³-hybridized carbons (Fsp3) is 0.923. The van der Waals surface area contributed by atoms with Crippen LogP contribution in [0, 0.1) is 0 Å². The topological polar surface area (TPSA) is 38.8 Å². The Morgan fingerprint density at radius 2 is 1.67 bits per heavy atom. The Kier molecular flexibility index (Phi) is 9.32. The molecule has 0 aliphatic heterocycles. The monoisotopic (exact) mass is 275 g/mol. The van der Waals surface area contributed by atoms with Gasteiger partial charge in [-0.15, -0.1) is 0 Å². The quantitative estimate of drug-likeness (QED) is 0.348. The highest BCUT2D eigenvalue weighted by Gasteiger charge is 2.28. The summed E-state index contributed by atoms with van der Waals surface area (Å²) in [6.45, 7) is 8.10. The van der Waals surface area contributed by atoms with Crippen LogP contribution < -0.4 is 0 Å². The first-order valence-corrected chi connectivity index (χ1v) is 9.70. The number of hydrogen-bond donors (Lipinski definition) is 0. The highest BCUT2D eigenvalue weighted by Crippen LogP contribution is 2.20. The average molecular weight is 275 g/mol. The molecule has 0 fully saturated rings. The van der Waals surface area contributed by atoms with E-state index in [1.54, 1.807) is 0 Å². The summed E-state index contributed by atoms with van der Waals surface area (Å²) < 4.78 is 10.6. The summed E-state index contributed by atoms with van der Waals surface area (Å²) in [6.07, 6.45) is 0.645. The maximum absolute atomic E-state index is 11.5. The second kappa shape index (κ2) is 9.53. The first-order chi connectivity index (χ1) is 8.49. The van der Waals surface area contributed by atoms with Crippen molar-refractivity contribution in [1.82, 2.24) is 4.90 Å². The normalized spacial score (nSPS) is 11.9. The molecule has 0 saturated carbocycles. The lowest BCUT2D eigenvalue weighted by atomic mass is 10.6. The number of carbonyl (C=O) groups is 1. The highest BCUT2D eigenvalue weighted by molar-refractivity contribution is 6.79. The van der Waals surface area contributed by atoms with Crippen molar-refractivity contribution in [3.8, 4) is 0 Å². The number of esters is 1. The van der Waals surface area contributed by atoms with Crippen molar-refractivity contribution in [1.29, 1.82) is 0 Å². The molecule has 0 aromatic heterocycles. The van der Waals surface area contributed by atoms with Gasteiger partial charge in [0.15, 0.2) is 0 Å². The molecule has 0 N–H and O–H groups in total. The molecule has 0 radical (unpaired) electrons. The van der Waals surface area contributed by atoms with Crippen molar-refractivity contribution in [2.24, 2.45) is 0 Å². The summed E-state index contributed by atoms with van der Waals surface area (Å²) in [4.78, 5) is 13.6. The average Bonchev–Trinajstić information content (AvgIpc) is 2.37. The molecule has 0 aliphatic carbocycles. The van der Waals surface area contributed by atoms with Crippen molar-refractivity contribution < 1.29 is 14.3 Å². The van der Waals surface area contributed by atoms with Gasteiger partial charge in [-0.05, 0) is 14.1 Å². The van der Waals surface area contributed by atoms with Crippen LogP contribution in [0.4, 0.5) is 0 Å². The molecule has 0 aliphatic rings. The molecule has 0 atom stereocenters. The fourth-order valence-electron chi connectivity index (χ4n) is 1.73. The van der Waals surface area contributed by atoms with E-state index < -0.39 is 8.07 Å². The van der Waals surface area contributed by atoms with E-state index in [1.807, 2.05) is 19.0 Å². The fourth-order valence-corrected chi connectivity index (χ4v) is 4.31. The molecule has 0 bridgehead atoms. The number of carbonyl (C=O) groups excluding carboxylic acids is 1. The van der Waals surface area contributed by atoms with Crippen molar-refractivity contribution in [2.75, 3.05) is 40.1 Å². The number of nitrogens with zero attached hydrogens (tertiary/aromatic N) is 1. The summed E-state index contributed by atoms with van der Waals surface area (Å²) in [5, 5.41) is 0. The predicted octanol–water partition coefficient (Wildman–Crippen LogP) is 2.16. The summed E-state index contributed by atoms with van der Waals surface area (Å²) in [5.41, 5.74) is 0. The summed E-state index contributed by atoms with van der Waals surface area (Å²) in [6, 6.07) is 3.53. The van der Waals surface area contributed by atoms with Crippen LogP contribution in [0.25, 0.3) is 0 Å². The standard InChI is InChI=1S/C13H29NO3Si/c1-6-18(7-2,8-3)12-17-13(15)11-16-10-9-14(4)5/h6-12H2,1-5H3. The number of likely N-dealkylation sites (N-methyl/N-ethyl adjacent to an activating group) is 1. The van der Waals surface area contributed by atoms with Gasteiger partial charge in [-0.2, -0.15) is 0 Å². The Morgan fingerprint density at radius 1 is 1.11 bits per heavy atom. The van der Waals surface area contributed by atoms with Crippen LogP contribution in [0.5, 0.6) is 0 Å². The lowest BCUT2D eigenvalue weighted by Gasteiger charge is -2.27. The van der Waals surface area contributed by atoms with Gasteiger partial charge in [0.05, 0.1) is 20.9 Å². The van der Waals surface area contributed by atoms with Crippen LogP contribution in [0.1, 0.15) is 20.8 Å².